The molecule has 5 rings (SSSR count). The average Bonchev–Trinajstić information content (AvgIpc) is 3.35. The van der Waals surface area contributed by atoms with Crippen molar-refractivity contribution in [3.05, 3.63) is 59.9 Å². The molecule has 178 valence electrons. The second kappa shape index (κ2) is 10.1. The number of methoxy groups -OCH3 is 1. The molecule has 3 aromatic rings. The Morgan fingerprint density at radius 1 is 1.12 bits per heavy atom. The molecule has 1 saturated heterocycles. The van der Waals surface area contributed by atoms with Crippen LogP contribution in [0.15, 0.2) is 48.5 Å². The summed E-state index contributed by atoms with van der Waals surface area (Å²) in [6, 6.07) is 16.5. The number of amides is 1. The molecule has 2 fully saturated rings. The SMILES string of the molecule is COc1ccc(N2CCN(C(=O)Cc3nn[nH]n3)[C@@H](Cc3ccccc3)C2)cc1OC1CCC1. The summed E-state index contributed by atoms with van der Waals surface area (Å²) in [6.45, 7) is 2.08. The van der Waals surface area contributed by atoms with Crippen LogP contribution in [-0.4, -0.2) is 70.3 Å². The molecule has 9 heteroatoms. The van der Waals surface area contributed by atoms with E-state index in [1.54, 1.807) is 7.11 Å². The van der Waals surface area contributed by atoms with E-state index in [1.807, 2.05) is 29.2 Å². The fourth-order valence-corrected chi connectivity index (χ4v) is 4.60. The number of aromatic amines is 1. The second-order valence-corrected chi connectivity index (χ2v) is 8.89. The molecule has 9 nitrogen and oxygen atoms in total. The van der Waals surface area contributed by atoms with Crippen molar-refractivity contribution in [3.63, 3.8) is 0 Å². The van der Waals surface area contributed by atoms with E-state index in [2.05, 4.69) is 49.8 Å². The van der Waals surface area contributed by atoms with Crippen LogP contribution in [0.5, 0.6) is 11.5 Å². The van der Waals surface area contributed by atoms with Gasteiger partial charge in [0.2, 0.25) is 5.91 Å². The number of carbonyl (C=O) groups is 1. The Kier molecular flexibility index (Phi) is 6.60. The lowest BCUT2D eigenvalue weighted by atomic mass is 9.96. The molecule has 1 N–H and O–H groups in total. The number of H-pyrrole nitrogens is 1. The topological polar surface area (TPSA) is 96.5 Å². The highest BCUT2D eigenvalue weighted by Crippen LogP contribution is 2.36. The number of nitrogens with zero attached hydrogens (tertiary/aromatic N) is 5. The van der Waals surface area contributed by atoms with Gasteiger partial charge in [0.05, 0.1) is 25.7 Å². The first-order chi connectivity index (χ1) is 16.7. The predicted octanol–water partition coefficient (Wildman–Crippen LogP) is 2.64. The van der Waals surface area contributed by atoms with E-state index in [-0.39, 0.29) is 24.5 Å². The van der Waals surface area contributed by atoms with Crippen molar-refractivity contribution in [1.82, 2.24) is 25.5 Å². The number of benzene rings is 2. The summed E-state index contributed by atoms with van der Waals surface area (Å²) in [6.07, 6.45) is 4.59. The van der Waals surface area contributed by atoms with Crippen molar-refractivity contribution in [3.8, 4) is 11.5 Å². The third-order valence-corrected chi connectivity index (χ3v) is 6.67. The minimum Gasteiger partial charge on any atom is -0.493 e. The smallest absolute Gasteiger partial charge is 0.230 e. The molecule has 0 bridgehead atoms. The van der Waals surface area contributed by atoms with Crippen molar-refractivity contribution < 1.29 is 14.3 Å². The van der Waals surface area contributed by atoms with Crippen molar-refractivity contribution in [2.24, 2.45) is 0 Å². The average molecular weight is 463 g/mol. The molecule has 2 aromatic carbocycles. The van der Waals surface area contributed by atoms with Crippen LogP contribution in [0.4, 0.5) is 5.69 Å². The molecule has 0 unspecified atom stereocenters. The van der Waals surface area contributed by atoms with E-state index in [4.69, 9.17) is 9.47 Å². The van der Waals surface area contributed by atoms with Crippen LogP contribution in [0, 0.1) is 0 Å². The number of piperazine rings is 1. The molecule has 1 aromatic heterocycles. The summed E-state index contributed by atoms with van der Waals surface area (Å²) >= 11 is 0. The molecule has 0 radical (unpaired) electrons. The number of anilines is 1. The highest BCUT2D eigenvalue weighted by Gasteiger charge is 2.32. The Morgan fingerprint density at radius 3 is 2.68 bits per heavy atom. The minimum absolute atomic E-state index is 0.0192. The maximum Gasteiger partial charge on any atom is 0.230 e. The number of ether oxygens (including phenoxy) is 2. The molecule has 1 aliphatic heterocycles. The van der Waals surface area contributed by atoms with Gasteiger partial charge in [0, 0.05) is 31.4 Å². The van der Waals surface area contributed by atoms with Gasteiger partial charge in [-0.25, -0.2) is 0 Å². The number of hydrogen-bond donors (Lipinski definition) is 1. The standard InChI is InChI=1S/C25H30N6O3/c1-33-22-11-10-19(15-23(22)34-21-8-5-9-21)30-12-13-31(25(32)16-24-26-28-29-27-24)20(17-30)14-18-6-3-2-4-7-18/h2-4,6-7,10-11,15,20-21H,5,8-9,12-14,16-17H2,1H3,(H,26,27,28,29)/t20-/m0/s1. The second-order valence-electron chi connectivity index (χ2n) is 8.89. The lowest BCUT2D eigenvalue weighted by Gasteiger charge is -2.43. The van der Waals surface area contributed by atoms with Crippen LogP contribution in [0.25, 0.3) is 0 Å². The predicted molar refractivity (Wildman–Crippen MR) is 127 cm³/mol. The summed E-state index contributed by atoms with van der Waals surface area (Å²) in [5.41, 5.74) is 2.29. The first-order valence-corrected chi connectivity index (χ1v) is 11.8. The lowest BCUT2D eigenvalue weighted by molar-refractivity contribution is -0.133. The normalized spacial score (nSPS) is 18.4. The number of nitrogens with one attached hydrogen (secondary N) is 1. The van der Waals surface area contributed by atoms with Gasteiger partial charge in [-0.15, -0.1) is 10.2 Å². The molecule has 2 aliphatic rings. The van der Waals surface area contributed by atoms with E-state index in [0.717, 1.165) is 49.5 Å². The summed E-state index contributed by atoms with van der Waals surface area (Å²) in [7, 11) is 1.67. The van der Waals surface area contributed by atoms with Crippen molar-refractivity contribution in [2.75, 3.05) is 31.6 Å². The van der Waals surface area contributed by atoms with Gasteiger partial charge in [-0.1, -0.05) is 35.5 Å². The number of aromatic nitrogens is 4. The number of carbonyl (C=O) groups excluding carboxylic acids is 1. The third-order valence-electron chi connectivity index (χ3n) is 6.67. The number of rotatable bonds is 8. The molecule has 0 spiro atoms. The largest absolute Gasteiger partial charge is 0.493 e. The van der Waals surface area contributed by atoms with E-state index in [9.17, 15) is 4.79 Å². The highest BCUT2D eigenvalue weighted by atomic mass is 16.5. The molecule has 2 heterocycles. The Bertz CT molecular complexity index is 1090. The van der Waals surface area contributed by atoms with Gasteiger partial charge in [0.1, 0.15) is 0 Å². The van der Waals surface area contributed by atoms with E-state index >= 15 is 0 Å². The third kappa shape index (κ3) is 4.98. The zero-order chi connectivity index (χ0) is 23.3. The van der Waals surface area contributed by atoms with Gasteiger partial charge in [-0.2, -0.15) is 5.21 Å². The Hall–Kier alpha value is -3.62. The Balaban J connectivity index is 1.35. The van der Waals surface area contributed by atoms with Gasteiger partial charge in [0.25, 0.3) is 0 Å². The first-order valence-electron chi connectivity index (χ1n) is 11.8. The monoisotopic (exact) mass is 462 g/mol. The molecule has 1 atom stereocenters. The summed E-state index contributed by atoms with van der Waals surface area (Å²) in [4.78, 5) is 17.5. The Morgan fingerprint density at radius 2 is 1.97 bits per heavy atom. The van der Waals surface area contributed by atoms with Crippen LogP contribution < -0.4 is 14.4 Å². The maximum atomic E-state index is 13.2. The molecular formula is C25H30N6O3. The number of tetrazole rings is 1. The van der Waals surface area contributed by atoms with Crippen LogP contribution in [0.2, 0.25) is 0 Å². The summed E-state index contributed by atoms with van der Waals surface area (Å²) in [5, 5.41) is 13.9. The quantitative estimate of drug-likeness (QED) is 0.550. The molecular weight excluding hydrogens is 432 g/mol. The fourth-order valence-electron chi connectivity index (χ4n) is 4.60. The molecule has 1 aliphatic carbocycles. The number of hydrogen-bond acceptors (Lipinski definition) is 7. The molecule has 1 amide bonds. The van der Waals surface area contributed by atoms with Crippen LogP contribution in [-0.2, 0) is 17.6 Å². The van der Waals surface area contributed by atoms with Crippen molar-refractivity contribution in [2.45, 2.75) is 44.2 Å². The zero-order valence-electron chi connectivity index (χ0n) is 19.4. The minimum atomic E-state index is 0.0192. The summed E-state index contributed by atoms with van der Waals surface area (Å²) < 4.78 is 11.7. The van der Waals surface area contributed by atoms with Crippen LogP contribution in [0.3, 0.4) is 0 Å². The molecule has 1 saturated carbocycles. The zero-order valence-corrected chi connectivity index (χ0v) is 19.4. The van der Waals surface area contributed by atoms with Gasteiger partial charge >= 0.3 is 0 Å². The van der Waals surface area contributed by atoms with Crippen molar-refractivity contribution in [1.29, 1.82) is 0 Å². The van der Waals surface area contributed by atoms with Crippen LogP contribution >= 0.6 is 0 Å². The van der Waals surface area contributed by atoms with Gasteiger partial charge in [-0.3, -0.25) is 4.79 Å². The van der Waals surface area contributed by atoms with E-state index in [1.165, 1.54) is 12.0 Å². The van der Waals surface area contributed by atoms with Gasteiger partial charge < -0.3 is 19.3 Å². The fraction of sp³-hybridized carbons (Fsp3) is 0.440. The van der Waals surface area contributed by atoms with E-state index in [0.29, 0.717) is 12.4 Å². The highest BCUT2D eigenvalue weighted by molar-refractivity contribution is 5.78. The van der Waals surface area contributed by atoms with Gasteiger partial charge in [-0.05, 0) is 43.4 Å². The van der Waals surface area contributed by atoms with E-state index < -0.39 is 0 Å². The van der Waals surface area contributed by atoms with Gasteiger partial charge in [0.15, 0.2) is 17.3 Å². The lowest BCUT2D eigenvalue weighted by Crippen LogP contribution is -2.56. The molecule has 34 heavy (non-hydrogen) atoms. The van der Waals surface area contributed by atoms with Crippen molar-refractivity contribution >= 4 is 11.6 Å². The first kappa shape index (κ1) is 22.2. The summed E-state index contributed by atoms with van der Waals surface area (Å²) in [5.74, 6) is 1.98. The maximum absolute atomic E-state index is 13.2. The Labute approximate surface area is 199 Å². The van der Waals surface area contributed by atoms with Crippen LogP contribution in [0.1, 0.15) is 30.7 Å².